The molecular weight excluding hydrogens is 284 g/mol. The fourth-order valence-electron chi connectivity index (χ4n) is 2.70. The molecule has 0 spiro atoms. The van der Waals surface area contributed by atoms with E-state index < -0.39 is 0 Å². The Morgan fingerprint density at radius 1 is 1.29 bits per heavy atom. The van der Waals surface area contributed by atoms with Gasteiger partial charge in [0.05, 0.1) is 29.5 Å². The van der Waals surface area contributed by atoms with E-state index in [9.17, 15) is 0 Å². The van der Waals surface area contributed by atoms with Crippen molar-refractivity contribution in [2.45, 2.75) is 52.6 Å². The molecule has 0 radical (unpaired) electrons. The minimum absolute atomic E-state index is 0.289. The predicted molar refractivity (Wildman–Crippen MR) is 90.9 cm³/mol. The maximum absolute atomic E-state index is 6.46. The van der Waals surface area contributed by atoms with E-state index in [0.717, 1.165) is 49.6 Å². The molecule has 0 bridgehead atoms. The Morgan fingerprint density at radius 2 is 1.95 bits per heavy atom. The molecule has 4 nitrogen and oxygen atoms in total. The fraction of sp³-hybridized carbons (Fsp3) is 0.812. The van der Waals surface area contributed by atoms with E-state index in [1.165, 1.54) is 0 Å². The van der Waals surface area contributed by atoms with Gasteiger partial charge in [-0.1, -0.05) is 45.2 Å². The van der Waals surface area contributed by atoms with E-state index >= 15 is 0 Å². The first-order chi connectivity index (χ1) is 10.0. The van der Waals surface area contributed by atoms with Crippen LogP contribution in [0.4, 0.5) is 0 Å². The molecule has 1 rings (SSSR count). The van der Waals surface area contributed by atoms with Crippen molar-refractivity contribution in [2.24, 2.45) is 5.92 Å². The zero-order valence-electron chi connectivity index (χ0n) is 14.2. The molecule has 0 saturated carbocycles. The number of hydrogen-bond donors (Lipinski definition) is 1. The number of aromatic nitrogens is 2. The number of nitrogens with one attached hydrogen (secondary N) is 1. The van der Waals surface area contributed by atoms with Crippen LogP contribution >= 0.6 is 11.6 Å². The third-order valence-electron chi connectivity index (χ3n) is 4.02. The fourth-order valence-corrected chi connectivity index (χ4v) is 2.96. The Labute approximate surface area is 134 Å². The second-order valence-corrected chi connectivity index (χ2v) is 6.32. The SMILES string of the molecule is CCCNC(c1c(Cl)cnn1CCN(C)C)C(CC)CC. The largest absolute Gasteiger partial charge is 0.308 e. The van der Waals surface area contributed by atoms with Crippen LogP contribution in [0.2, 0.25) is 5.02 Å². The van der Waals surface area contributed by atoms with Crippen LogP contribution in [0.3, 0.4) is 0 Å². The second kappa shape index (κ2) is 9.44. The van der Waals surface area contributed by atoms with E-state index in [2.05, 4.69) is 54.9 Å². The van der Waals surface area contributed by atoms with E-state index in [-0.39, 0.29) is 6.04 Å². The molecule has 122 valence electrons. The normalized spacial score (nSPS) is 13.3. The van der Waals surface area contributed by atoms with Gasteiger partial charge in [0.25, 0.3) is 0 Å². The quantitative estimate of drug-likeness (QED) is 0.716. The highest BCUT2D eigenvalue weighted by Gasteiger charge is 2.26. The lowest BCUT2D eigenvalue weighted by atomic mass is 9.91. The number of halogens is 1. The molecule has 0 aromatic carbocycles. The first kappa shape index (κ1) is 18.5. The molecule has 1 unspecified atom stereocenters. The van der Waals surface area contributed by atoms with Crippen LogP contribution in [0.25, 0.3) is 0 Å². The molecule has 0 amide bonds. The molecule has 0 saturated heterocycles. The van der Waals surface area contributed by atoms with Crippen molar-refractivity contribution in [2.75, 3.05) is 27.2 Å². The van der Waals surface area contributed by atoms with Gasteiger partial charge in [0.15, 0.2) is 0 Å². The van der Waals surface area contributed by atoms with Crippen molar-refractivity contribution in [1.29, 1.82) is 0 Å². The first-order valence-electron chi connectivity index (χ1n) is 8.14. The summed E-state index contributed by atoms with van der Waals surface area (Å²) in [5.74, 6) is 0.587. The highest BCUT2D eigenvalue weighted by molar-refractivity contribution is 6.31. The van der Waals surface area contributed by atoms with Crippen molar-refractivity contribution in [1.82, 2.24) is 20.0 Å². The molecule has 0 aliphatic rings. The summed E-state index contributed by atoms with van der Waals surface area (Å²) in [4.78, 5) is 2.17. The van der Waals surface area contributed by atoms with Crippen LogP contribution in [-0.4, -0.2) is 41.9 Å². The van der Waals surface area contributed by atoms with Gasteiger partial charge in [-0.25, -0.2) is 0 Å². The molecule has 21 heavy (non-hydrogen) atoms. The molecule has 1 heterocycles. The van der Waals surface area contributed by atoms with Crippen molar-refractivity contribution in [3.63, 3.8) is 0 Å². The van der Waals surface area contributed by atoms with Gasteiger partial charge >= 0.3 is 0 Å². The molecule has 1 N–H and O–H groups in total. The van der Waals surface area contributed by atoms with E-state index in [0.29, 0.717) is 5.92 Å². The predicted octanol–water partition coefficient (Wildman–Crippen LogP) is 3.58. The van der Waals surface area contributed by atoms with Crippen LogP contribution in [0.1, 0.15) is 51.8 Å². The van der Waals surface area contributed by atoms with Crippen molar-refractivity contribution >= 4 is 11.6 Å². The third kappa shape index (κ3) is 5.28. The number of rotatable bonds is 10. The van der Waals surface area contributed by atoms with Gasteiger partial charge in [0.1, 0.15) is 0 Å². The van der Waals surface area contributed by atoms with Crippen LogP contribution < -0.4 is 5.32 Å². The molecule has 1 atom stereocenters. The van der Waals surface area contributed by atoms with Gasteiger partial charge in [0, 0.05) is 6.54 Å². The summed E-state index contributed by atoms with van der Waals surface area (Å²) < 4.78 is 2.08. The highest BCUT2D eigenvalue weighted by atomic mass is 35.5. The van der Waals surface area contributed by atoms with Gasteiger partial charge in [-0.05, 0) is 33.0 Å². The molecule has 0 fully saturated rings. The Kier molecular flexibility index (Phi) is 8.30. The van der Waals surface area contributed by atoms with E-state index in [1.807, 2.05) is 0 Å². The second-order valence-electron chi connectivity index (χ2n) is 5.91. The monoisotopic (exact) mass is 314 g/mol. The lowest BCUT2D eigenvalue weighted by Crippen LogP contribution is -2.32. The lowest BCUT2D eigenvalue weighted by Gasteiger charge is -2.28. The van der Waals surface area contributed by atoms with E-state index in [4.69, 9.17) is 11.6 Å². The van der Waals surface area contributed by atoms with E-state index in [1.54, 1.807) is 6.20 Å². The smallest absolute Gasteiger partial charge is 0.0834 e. The van der Waals surface area contributed by atoms with Crippen LogP contribution in [0, 0.1) is 5.92 Å². The molecule has 5 heteroatoms. The van der Waals surface area contributed by atoms with Crippen LogP contribution in [0.15, 0.2) is 6.20 Å². The molecule has 0 aliphatic carbocycles. The van der Waals surface area contributed by atoms with Crippen LogP contribution in [-0.2, 0) is 6.54 Å². The minimum atomic E-state index is 0.289. The summed E-state index contributed by atoms with van der Waals surface area (Å²) in [5, 5.41) is 8.96. The Balaban J connectivity index is 3.01. The summed E-state index contributed by atoms with van der Waals surface area (Å²) in [6.07, 6.45) is 5.20. The van der Waals surface area contributed by atoms with Gasteiger partial charge in [-0.3, -0.25) is 4.68 Å². The Morgan fingerprint density at radius 3 is 2.48 bits per heavy atom. The van der Waals surface area contributed by atoms with Crippen molar-refractivity contribution < 1.29 is 0 Å². The lowest BCUT2D eigenvalue weighted by molar-refractivity contribution is 0.311. The topological polar surface area (TPSA) is 33.1 Å². The maximum Gasteiger partial charge on any atom is 0.0834 e. The maximum atomic E-state index is 6.46. The number of nitrogens with zero attached hydrogens (tertiary/aromatic N) is 3. The average molecular weight is 315 g/mol. The minimum Gasteiger partial charge on any atom is -0.308 e. The summed E-state index contributed by atoms with van der Waals surface area (Å²) in [6, 6.07) is 0.289. The highest BCUT2D eigenvalue weighted by Crippen LogP contribution is 2.32. The number of likely N-dealkylation sites (N-methyl/N-ethyl adjacent to an activating group) is 1. The standard InChI is InChI=1S/C16H31ClN4/c1-6-9-18-15(13(7-2)8-3)16-14(17)12-19-21(16)11-10-20(4)5/h12-13,15,18H,6-11H2,1-5H3. The molecule has 1 aromatic heterocycles. The molecule has 0 aliphatic heterocycles. The van der Waals surface area contributed by atoms with Crippen LogP contribution in [0.5, 0.6) is 0 Å². The average Bonchev–Trinajstić information content (AvgIpc) is 2.82. The third-order valence-corrected chi connectivity index (χ3v) is 4.31. The first-order valence-corrected chi connectivity index (χ1v) is 8.52. The number of hydrogen-bond acceptors (Lipinski definition) is 3. The van der Waals surface area contributed by atoms with Crippen molar-refractivity contribution in [3.05, 3.63) is 16.9 Å². The van der Waals surface area contributed by atoms with Gasteiger partial charge in [0.2, 0.25) is 0 Å². The zero-order chi connectivity index (χ0) is 15.8. The Hall–Kier alpha value is -0.580. The van der Waals surface area contributed by atoms with Crippen molar-refractivity contribution in [3.8, 4) is 0 Å². The Bertz CT molecular complexity index is 399. The zero-order valence-corrected chi connectivity index (χ0v) is 15.0. The van der Waals surface area contributed by atoms with Gasteiger partial charge < -0.3 is 10.2 Å². The summed E-state index contributed by atoms with van der Waals surface area (Å²) in [5.41, 5.74) is 1.15. The summed E-state index contributed by atoms with van der Waals surface area (Å²) in [6.45, 7) is 9.55. The van der Waals surface area contributed by atoms with Gasteiger partial charge in [-0.15, -0.1) is 0 Å². The molecule has 1 aromatic rings. The van der Waals surface area contributed by atoms with Gasteiger partial charge in [-0.2, -0.15) is 5.10 Å². The molecular formula is C16H31ClN4. The summed E-state index contributed by atoms with van der Waals surface area (Å²) >= 11 is 6.46. The summed E-state index contributed by atoms with van der Waals surface area (Å²) in [7, 11) is 4.16.